The number of amides is 1. The maximum atomic E-state index is 13.3. The number of halogens is 2. The third-order valence-electron chi connectivity index (χ3n) is 5.04. The Labute approximate surface area is 215 Å². The molecule has 0 aliphatic carbocycles. The van der Waals surface area contributed by atoms with Gasteiger partial charge < -0.3 is 10.4 Å². The molecule has 4 rings (SSSR count). The summed E-state index contributed by atoms with van der Waals surface area (Å²) in [5.74, 6) is -1.70. The number of hydrogen-bond donors (Lipinski definition) is 2. The third-order valence-corrected chi connectivity index (χ3v) is 7.64. The number of thioether (sulfide) groups is 1. The van der Waals surface area contributed by atoms with E-state index >= 15 is 0 Å². The summed E-state index contributed by atoms with van der Waals surface area (Å²) in [4.78, 5) is 30.7. The van der Waals surface area contributed by atoms with E-state index in [2.05, 4.69) is 10.3 Å². The number of carbonyl (C=O) groups is 2. The zero-order valence-corrected chi connectivity index (χ0v) is 21.1. The number of nitrogens with one attached hydrogen (secondary N) is 1. The van der Waals surface area contributed by atoms with Gasteiger partial charge in [-0.15, -0.1) is 23.1 Å². The molecule has 0 saturated heterocycles. The normalized spacial score (nSPS) is 11.3. The highest BCUT2D eigenvalue weighted by Crippen LogP contribution is 2.38. The third kappa shape index (κ3) is 5.90. The molecule has 0 spiro atoms. The Balaban J connectivity index is 1.68. The lowest BCUT2D eigenvalue weighted by Crippen LogP contribution is -2.26. The van der Waals surface area contributed by atoms with E-state index in [-0.39, 0.29) is 5.69 Å². The SMILES string of the molecule is CC(C)(Sc1ccc(-c2nc(C(=O)Nc3ccc(F)cc3)c(-c3ccc(Cl)cc3)s2)cc1)C(=O)O. The van der Waals surface area contributed by atoms with E-state index in [1.165, 1.54) is 47.4 Å². The molecule has 178 valence electrons. The number of carboxylic acid groups (broad SMARTS) is 1. The van der Waals surface area contributed by atoms with E-state index in [1.54, 1.807) is 26.0 Å². The molecule has 3 aromatic carbocycles. The number of carbonyl (C=O) groups excluding carboxylic acids is 1. The first-order valence-electron chi connectivity index (χ1n) is 10.5. The molecule has 9 heteroatoms. The molecule has 2 N–H and O–H groups in total. The Bertz CT molecular complexity index is 1370. The maximum absolute atomic E-state index is 13.3. The second-order valence-electron chi connectivity index (χ2n) is 8.11. The largest absolute Gasteiger partial charge is 0.480 e. The highest BCUT2D eigenvalue weighted by molar-refractivity contribution is 8.01. The molecule has 4 aromatic rings. The summed E-state index contributed by atoms with van der Waals surface area (Å²) >= 11 is 8.65. The molecule has 1 amide bonds. The second-order valence-corrected chi connectivity index (χ2v) is 11.2. The molecule has 0 saturated carbocycles. The molecule has 0 unspecified atom stereocenters. The number of aliphatic carboxylic acids is 1. The summed E-state index contributed by atoms with van der Waals surface area (Å²) in [5.41, 5.74) is 2.28. The van der Waals surface area contributed by atoms with E-state index < -0.39 is 22.4 Å². The molecule has 0 atom stereocenters. The fraction of sp³-hybridized carbons (Fsp3) is 0.115. The van der Waals surface area contributed by atoms with E-state index in [0.29, 0.717) is 20.6 Å². The van der Waals surface area contributed by atoms with Gasteiger partial charge in [0.2, 0.25) is 0 Å². The van der Waals surface area contributed by atoms with Crippen molar-refractivity contribution in [3.05, 3.63) is 89.3 Å². The summed E-state index contributed by atoms with van der Waals surface area (Å²) in [6, 6.07) is 20.0. The van der Waals surface area contributed by atoms with Gasteiger partial charge in [0.25, 0.3) is 5.91 Å². The van der Waals surface area contributed by atoms with Crippen LogP contribution in [0.25, 0.3) is 21.0 Å². The maximum Gasteiger partial charge on any atom is 0.319 e. The molecule has 1 heterocycles. The number of thiazole rings is 1. The van der Waals surface area contributed by atoms with Crippen LogP contribution >= 0.6 is 34.7 Å². The highest BCUT2D eigenvalue weighted by Gasteiger charge is 2.28. The molecule has 35 heavy (non-hydrogen) atoms. The summed E-state index contributed by atoms with van der Waals surface area (Å²) in [6.45, 7) is 3.30. The molecule has 0 bridgehead atoms. The number of hydrogen-bond acceptors (Lipinski definition) is 5. The number of rotatable bonds is 7. The molecule has 1 aromatic heterocycles. The lowest BCUT2D eigenvalue weighted by atomic mass is 10.1. The van der Waals surface area contributed by atoms with Crippen LogP contribution < -0.4 is 5.32 Å². The van der Waals surface area contributed by atoms with Crippen LogP contribution in [0.4, 0.5) is 10.1 Å². The molecular formula is C26H20ClFN2O3S2. The van der Waals surface area contributed by atoms with Crippen molar-refractivity contribution < 1.29 is 19.1 Å². The molecule has 0 fully saturated rings. The second kappa shape index (κ2) is 10.2. The number of carboxylic acids is 1. The number of anilines is 1. The Kier molecular flexibility index (Phi) is 7.25. The van der Waals surface area contributed by atoms with Crippen molar-refractivity contribution in [1.29, 1.82) is 0 Å². The highest BCUT2D eigenvalue weighted by atomic mass is 35.5. The van der Waals surface area contributed by atoms with Crippen LogP contribution in [0.2, 0.25) is 5.02 Å². The van der Waals surface area contributed by atoms with Crippen LogP contribution in [0.15, 0.2) is 77.7 Å². The quantitative estimate of drug-likeness (QED) is 0.244. The van der Waals surface area contributed by atoms with Crippen molar-refractivity contribution in [2.75, 3.05) is 5.32 Å². The number of nitrogens with zero attached hydrogens (tertiary/aromatic N) is 1. The van der Waals surface area contributed by atoms with Crippen LogP contribution in [0.1, 0.15) is 24.3 Å². The number of benzene rings is 3. The van der Waals surface area contributed by atoms with Crippen molar-refractivity contribution in [3.8, 4) is 21.0 Å². The average molecular weight is 527 g/mol. The number of aromatic nitrogens is 1. The predicted octanol–water partition coefficient (Wildman–Crippen LogP) is 7.48. The van der Waals surface area contributed by atoms with E-state index in [1.807, 2.05) is 36.4 Å². The fourth-order valence-electron chi connectivity index (χ4n) is 3.12. The first kappa shape index (κ1) is 24.9. The standard InChI is InChI=1S/C26H20ClFN2O3S2/c1-26(2,25(32)33)35-20-13-5-16(6-14-20)24-30-21(22(34-24)15-3-7-17(27)8-4-15)23(31)29-19-11-9-18(28)10-12-19/h3-14H,1-2H3,(H,29,31)(H,32,33). The summed E-state index contributed by atoms with van der Waals surface area (Å²) in [6.07, 6.45) is 0. The molecule has 0 radical (unpaired) electrons. The van der Waals surface area contributed by atoms with E-state index in [0.717, 1.165) is 16.0 Å². The minimum absolute atomic E-state index is 0.238. The van der Waals surface area contributed by atoms with Gasteiger partial charge in [-0.3, -0.25) is 9.59 Å². The topological polar surface area (TPSA) is 79.3 Å². The smallest absolute Gasteiger partial charge is 0.319 e. The van der Waals surface area contributed by atoms with E-state index in [9.17, 15) is 19.1 Å². The van der Waals surface area contributed by atoms with Crippen LogP contribution in [-0.2, 0) is 4.79 Å². The van der Waals surface area contributed by atoms with Gasteiger partial charge >= 0.3 is 5.97 Å². The summed E-state index contributed by atoms with van der Waals surface area (Å²) in [7, 11) is 0. The van der Waals surface area contributed by atoms with Gasteiger partial charge in [0.15, 0.2) is 0 Å². The Morgan fingerprint density at radius 1 is 0.971 bits per heavy atom. The minimum atomic E-state index is -0.962. The van der Waals surface area contributed by atoms with Gasteiger partial charge in [-0.1, -0.05) is 35.9 Å². The van der Waals surface area contributed by atoms with E-state index in [4.69, 9.17) is 11.6 Å². The van der Waals surface area contributed by atoms with Gasteiger partial charge in [-0.2, -0.15) is 0 Å². The van der Waals surface area contributed by atoms with Gasteiger partial charge in [0.05, 0.1) is 4.88 Å². The van der Waals surface area contributed by atoms with Gasteiger partial charge in [-0.05, 0) is 67.9 Å². The van der Waals surface area contributed by atoms with Gasteiger partial charge in [0.1, 0.15) is 21.3 Å². The van der Waals surface area contributed by atoms with Crippen LogP contribution in [0.3, 0.4) is 0 Å². The molecule has 0 aliphatic heterocycles. The zero-order chi connectivity index (χ0) is 25.2. The van der Waals surface area contributed by atoms with Crippen LogP contribution in [0, 0.1) is 5.82 Å². The first-order valence-corrected chi connectivity index (χ1v) is 12.5. The predicted molar refractivity (Wildman–Crippen MR) is 140 cm³/mol. The van der Waals surface area contributed by atoms with Crippen molar-refractivity contribution in [3.63, 3.8) is 0 Å². The Hall–Kier alpha value is -3.20. The minimum Gasteiger partial charge on any atom is -0.480 e. The molecule has 0 aliphatic rings. The molecular weight excluding hydrogens is 507 g/mol. The lowest BCUT2D eigenvalue weighted by molar-refractivity contribution is -0.138. The summed E-state index contributed by atoms with van der Waals surface area (Å²) in [5, 5.41) is 13.4. The van der Waals surface area contributed by atoms with Crippen LogP contribution in [0.5, 0.6) is 0 Å². The van der Waals surface area contributed by atoms with Crippen molar-refractivity contribution in [2.45, 2.75) is 23.5 Å². The Morgan fingerprint density at radius 3 is 2.17 bits per heavy atom. The van der Waals surface area contributed by atoms with Crippen molar-refractivity contribution in [2.24, 2.45) is 0 Å². The van der Waals surface area contributed by atoms with Crippen LogP contribution in [-0.4, -0.2) is 26.7 Å². The van der Waals surface area contributed by atoms with Gasteiger partial charge in [0, 0.05) is 21.2 Å². The monoisotopic (exact) mass is 526 g/mol. The fourth-order valence-corrected chi connectivity index (χ4v) is 5.27. The average Bonchev–Trinajstić information content (AvgIpc) is 3.27. The first-order chi connectivity index (χ1) is 16.6. The Morgan fingerprint density at radius 2 is 1.57 bits per heavy atom. The van der Waals surface area contributed by atoms with Gasteiger partial charge in [-0.25, -0.2) is 9.37 Å². The zero-order valence-electron chi connectivity index (χ0n) is 18.7. The van der Waals surface area contributed by atoms with Crippen molar-refractivity contribution in [1.82, 2.24) is 4.98 Å². The summed E-state index contributed by atoms with van der Waals surface area (Å²) < 4.78 is 12.3. The van der Waals surface area contributed by atoms with Crippen molar-refractivity contribution >= 4 is 52.3 Å². The lowest BCUT2D eigenvalue weighted by Gasteiger charge is -2.18. The molecule has 5 nitrogen and oxygen atoms in total.